The zero-order valence-corrected chi connectivity index (χ0v) is 17.2. The minimum Gasteiger partial charge on any atom is -0.447 e. The Balaban J connectivity index is 1.56. The first-order valence-electron chi connectivity index (χ1n) is 9.59. The number of halogens is 1. The Bertz CT molecular complexity index is 1080. The number of amides is 1. The monoisotopic (exact) mass is 435 g/mol. The molecule has 1 unspecified atom stereocenters. The number of carbonyl (C=O) groups excluding carboxylic acids is 1. The van der Waals surface area contributed by atoms with Crippen molar-refractivity contribution in [1.82, 2.24) is 9.88 Å². The number of ether oxygens (including phenoxy) is 1. The van der Waals surface area contributed by atoms with Gasteiger partial charge in [0.05, 0.1) is 18.1 Å². The van der Waals surface area contributed by atoms with E-state index in [0.29, 0.717) is 35.7 Å². The van der Waals surface area contributed by atoms with Gasteiger partial charge >= 0.3 is 6.09 Å². The van der Waals surface area contributed by atoms with Crippen molar-refractivity contribution < 1.29 is 27.4 Å². The third-order valence-corrected chi connectivity index (χ3v) is 7.02. The van der Waals surface area contributed by atoms with Crippen LogP contribution in [0.5, 0.6) is 0 Å². The minimum absolute atomic E-state index is 0.0957. The molecule has 2 saturated heterocycles. The van der Waals surface area contributed by atoms with Crippen LogP contribution in [0.1, 0.15) is 17.5 Å². The molecule has 2 aromatic rings. The first-order valence-corrected chi connectivity index (χ1v) is 11.4. The van der Waals surface area contributed by atoms with Crippen molar-refractivity contribution >= 4 is 21.7 Å². The molecular weight excluding hydrogens is 413 g/mol. The number of carbonyl (C=O) groups is 1. The molecular formula is C20H22FN3O5S. The molecule has 0 spiro atoms. The van der Waals surface area contributed by atoms with E-state index >= 15 is 0 Å². The van der Waals surface area contributed by atoms with Gasteiger partial charge in [0.25, 0.3) is 0 Å². The van der Waals surface area contributed by atoms with E-state index in [1.807, 2.05) is 4.90 Å². The van der Waals surface area contributed by atoms with Gasteiger partial charge in [-0.3, -0.25) is 4.90 Å². The van der Waals surface area contributed by atoms with Crippen LogP contribution in [-0.2, 0) is 14.6 Å². The van der Waals surface area contributed by atoms with Crippen LogP contribution in [-0.4, -0.2) is 67.2 Å². The largest absolute Gasteiger partial charge is 0.447 e. The number of aliphatic hydroxyl groups excluding tert-OH is 1. The molecule has 1 atom stereocenters. The molecule has 160 valence electrons. The molecule has 2 aliphatic heterocycles. The molecule has 3 heterocycles. The van der Waals surface area contributed by atoms with Crippen molar-refractivity contribution in [3.63, 3.8) is 0 Å². The molecule has 1 N–H and O–H groups in total. The van der Waals surface area contributed by atoms with Crippen LogP contribution in [0, 0.1) is 12.7 Å². The second-order valence-corrected chi connectivity index (χ2v) is 9.67. The van der Waals surface area contributed by atoms with Crippen LogP contribution >= 0.6 is 0 Å². The quantitative estimate of drug-likeness (QED) is 0.783. The number of nitrogens with zero attached hydrogens (tertiary/aromatic N) is 3. The first-order chi connectivity index (χ1) is 14.2. The average molecular weight is 435 g/mol. The summed E-state index contributed by atoms with van der Waals surface area (Å²) >= 11 is 0. The SMILES string of the molecule is Cc1nc(N2CCS(=O)(=O)CC2)ccc1-c1ccc(C(O)N2CCOC2=O)cc1F. The minimum atomic E-state index is -2.98. The van der Waals surface area contributed by atoms with Crippen molar-refractivity contribution in [1.29, 1.82) is 0 Å². The number of sulfone groups is 1. The average Bonchev–Trinajstić information content (AvgIpc) is 3.13. The predicted octanol–water partition coefficient (Wildman–Crippen LogP) is 1.87. The fourth-order valence-electron chi connectivity index (χ4n) is 3.67. The van der Waals surface area contributed by atoms with E-state index in [-0.39, 0.29) is 30.2 Å². The van der Waals surface area contributed by atoms with Gasteiger partial charge in [-0.05, 0) is 25.1 Å². The lowest BCUT2D eigenvalue weighted by molar-refractivity contribution is 0.0362. The highest BCUT2D eigenvalue weighted by molar-refractivity contribution is 7.91. The number of anilines is 1. The lowest BCUT2D eigenvalue weighted by Crippen LogP contribution is -2.40. The Labute approximate surface area is 173 Å². The summed E-state index contributed by atoms with van der Waals surface area (Å²) in [7, 11) is -2.98. The number of cyclic esters (lactones) is 1. The summed E-state index contributed by atoms with van der Waals surface area (Å²) in [6, 6.07) is 7.83. The maximum Gasteiger partial charge on any atom is 0.412 e. The second-order valence-electron chi connectivity index (χ2n) is 7.36. The van der Waals surface area contributed by atoms with E-state index < -0.39 is 28.0 Å². The number of hydrogen-bond donors (Lipinski definition) is 1. The summed E-state index contributed by atoms with van der Waals surface area (Å²) in [6.45, 7) is 2.96. The molecule has 0 bridgehead atoms. The predicted molar refractivity (Wildman–Crippen MR) is 108 cm³/mol. The van der Waals surface area contributed by atoms with Gasteiger partial charge in [0, 0.05) is 35.5 Å². The molecule has 10 heteroatoms. The number of pyridine rings is 1. The van der Waals surface area contributed by atoms with E-state index in [4.69, 9.17) is 4.74 Å². The summed E-state index contributed by atoms with van der Waals surface area (Å²) in [5.41, 5.74) is 1.79. The fraction of sp³-hybridized carbons (Fsp3) is 0.400. The molecule has 30 heavy (non-hydrogen) atoms. The van der Waals surface area contributed by atoms with E-state index in [2.05, 4.69) is 4.98 Å². The highest BCUT2D eigenvalue weighted by atomic mass is 32.2. The number of aromatic nitrogens is 1. The Morgan fingerprint density at radius 1 is 1.13 bits per heavy atom. The number of benzene rings is 1. The Morgan fingerprint density at radius 2 is 1.83 bits per heavy atom. The Hall–Kier alpha value is -2.72. The Kier molecular flexibility index (Phi) is 5.37. The smallest absolute Gasteiger partial charge is 0.412 e. The summed E-state index contributed by atoms with van der Waals surface area (Å²) in [5.74, 6) is 0.309. The van der Waals surface area contributed by atoms with Crippen molar-refractivity contribution in [2.24, 2.45) is 0 Å². The zero-order valence-electron chi connectivity index (χ0n) is 16.4. The van der Waals surface area contributed by atoms with Gasteiger partial charge in [0.15, 0.2) is 16.1 Å². The first kappa shape index (κ1) is 20.5. The van der Waals surface area contributed by atoms with Gasteiger partial charge < -0.3 is 14.7 Å². The van der Waals surface area contributed by atoms with Crippen LogP contribution in [0.2, 0.25) is 0 Å². The molecule has 8 nitrogen and oxygen atoms in total. The van der Waals surface area contributed by atoms with E-state index in [9.17, 15) is 22.7 Å². The third kappa shape index (κ3) is 3.97. The van der Waals surface area contributed by atoms with E-state index in [0.717, 1.165) is 4.90 Å². The van der Waals surface area contributed by atoms with Gasteiger partial charge in [0.1, 0.15) is 18.2 Å². The number of aryl methyl sites for hydroxylation is 1. The number of aliphatic hydroxyl groups is 1. The van der Waals surface area contributed by atoms with Crippen LogP contribution in [0.3, 0.4) is 0 Å². The molecule has 0 radical (unpaired) electrons. The van der Waals surface area contributed by atoms with Crippen molar-refractivity contribution in [3.8, 4) is 11.1 Å². The van der Waals surface area contributed by atoms with Crippen LogP contribution in [0.25, 0.3) is 11.1 Å². The number of hydrogen-bond acceptors (Lipinski definition) is 7. The second kappa shape index (κ2) is 7.84. The molecule has 2 fully saturated rings. The molecule has 0 aliphatic carbocycles. The maximum absolute atomic E-state index is 14.9. The van der Waals surface area contributed by atoms with Crippen LogP contribution in [0.15, 0.2) is 30.3 Å². The topological polar surface area (TPSA) is 100 Å². The molecule has 1 aromatic heterocycles. The summed E-state index contributed by atoms with van der Waals surface area (Å²) in [6.07, 6.45) is -1.91. The van der Waals surface area contributed by atoms with Crippen molar-refractivity contribution in [2.45, 2.75) is 13.2 Å². The standard InChI is InChI=1S/C20H22FN3O5S/c1-13-15(4-5-18(22-13)23-7-10-30(27,28)11-8-23)16-3-2-14(12-17(16)21)19(25)24-6-9-29-20(24)26/h2-5,12,19,25H,6-11H2,1H3. The number of rotatable bonds is 4. The molecule has 1 aromatic carbocycles. The van der Waals surface area contributed by atoms with Gasteiger partial charge in [-0.2, -0.15) is 0 Å². The zero-order chi connectivity index (χ0) is 21.5. The highest BCUT2D eigenvalue weighted by Crippen LogP contribution is 2.30. The van der Waals surface area contributed by atoms with Gasteiger partial charge in [-0.25, -0.2) is 22.6 Å². The normalized spacial score (nSPS) is 19.6. The van der Waals surface area contributed by atoms with Crippen molar-refractivity contribution in [3.05, 3.63) is 47.4 Å². The lowest BCUT2D eigenvalue weighted by atomic mass is 10.0. The van der Waals surface area contributed by atoms with Gasteiger partial charge in [-0.1, -0.05) is 12.1 Å². The van der Waals surface area contributed by atoms with Crippen LogP contribution < -0.4 is 4.90 Å². The Morgan fingerprint density at radius 3 is 2.43 bits per heavy atom. The summed E-state index contributed by atoms with van der Waals surface area (Å²) in [4.78, 5) is 19.2. The van der Waals surface area contributed by atoms with Gasteiger partial charge in [0.2, 0.25) is 0 Å². The van der Waals surface area contributed by atoms with Crippen molar-refractivity contribution in [2.75, 3.05) is 42.6 Å². The van der Waals surface area contributed by atoms with Gasteiger partial charge in [-0.15, -0.1) is 0 Å². The maximum atomic E-state index is 14.9. The molecule has 1 amide bonds. The fourth-order valence-corrected chi connectivity index (χ4v) is 4.87. The summed E-state index contributed by atoms with van der Waals surface area (Å²) in [5, 5.41) is 10.3. The van der Waals surface area contributed by atoms with Crippen LogP contribution in [0.4, 0.5) is 15.0 Å². The molecule has 4 rings (SSSR count). The molecule has 0 saturated carbocycles. The lowest BCUT2D eigenvalue weighted by Gasteiger charge is -2.28. The van der Waals surface area contributed by atoms with E-state index in [1.54, 1.807) is 31.2 Å². The van der Waals surface area contributed by atoms with E-state index in [1.165, 1.54) is 6.07 Å². The summed E-state index contributed by atoms with van der Waals surface area (Å²) < 4.78 is 42.9. The highest BCUT2D eigenvalue weighted by Gasteiger charge is 2.30. The molecule has 2 aliphatic rings. The third-order valence-electron chi connectivity index (χ3n) is 5.41.